The minimum atomic E-state index is -0.352. The van der Waals surface area contributed by atoms with Crippen molar-refractivity contribution in [3.05, 3.63) is 74.7 Å². The van der Waals surface area contributed by atoms with Crippen molar-refractivity contribution in [2.75, 3.05) is 0 Å². The predicted octanol–water partition coefficient (Wildman–Crippen LogP) is 3.29. The van der Waals surface area contributed by atoms with Crippen molar-refractivity contribution < 1.29 is 0 Å². The van der Waals surface area contributed by atoms with Crippen molar-refractivity contribution in [1.82, 2.24) is 23.1 Å². The molecule has 154 valence electrons. The van der Waals surface area contributed by atoms with Crippen molar-refractivity contribution in [1.29, 1.82) is 0 Å². The standard InChI is InChI=1S/C23H25N5O2/c1-16-15-27-19-20(24-22(27)28(16)18-12-6-7-13-18)25(2)23(30)26(21(19)29)14-8-11-17-9-4-3-5-10-17/h3-5,8-11,15,18H,6-7,12-14H2,1-2H3/b11-8+. The summed E-state index contributed by atoms with van der Waals surface area (Å²) in [4.78, 5) is 30.9. The summed E-state index contributed by atoms with van der Waals surface area (Å²) in [7, 11) is 1.68. The van der Waals surface area contributed by atoms with E-state index in [9.17, 15) is 9.59 Å². The third-order valence-corrected chi connectivity index (χ3v) is 6.16. The maximum atomic E-state index is 13.3. The van der Waals surface area contributed by atoms with Gasteiger partial charge in [-0.3, -0.25) is 18.3 Å². The van der Waals surface area contributed by atoms with Gasteiger partial charge >= 0.3 is 5.69 Å². The van der Waals surface area contributed by atoms with Crippen LogP contribution < -0.4 is 11.2 Å². The molecule has 7 nitrogen and oxygen atoms in total. The third-order valence-electron chi connectivity index (χ3n) is 6.16. The molecule has 3 aromatic heterocycles. The Labute approximate surface area is 173 Å². The zero-order valence-electron chi connectivity index (χ0n) is 17.3. The summed E-state index contributed by atoms with van der Waals surface area (Å²) in [5.74, 6) is 0.749. The molecule has 4 aromatic rings. The van der Waals surface area contributed by atoms with Crippen molar-refractivity contribution in [3.63, 3.8) is 0 Å². The smallest absolute Gasteiger partial charge is 0.311 e. The van der Waals surface area contributed by atoms with Crippen molar-refractivity contribution in [2.24, 2.45) is 7.05 Å². The second kappa shape index (κ2) is 7.16. The van der Waals surface area contributed by atoms with Gasteiger partial charge in [-0.15, -0.1) is 0 Å². The number of benzene rings is 1. The number of allylic oxidation sites excluding steroid dienone is 1. The van der Waals surface area contributed by atoms with Gasteiger partial charge < -0.3 is 4.57 Å². The number of imidazole rings is 2. The number of hydrogen-bond donors (Lipinski definition) is 0. The molecule has 0 aliphatic heterocycles. The highest BCUT2D eigenvalue weighted by Gasteiger charge is 2.25. The molecule has 3 heterocycles. The van der Waals surface area contributed by atoms with Gasteiger partial charge in [-0.1, -0.05) is 55.3 Å². The number of fused-ring (bicyclic) bond motifs is 3. The molecule has 0 amide bonds. The van der Waals surface area contributed by atoms with Crippen LogP contribution in [-0.2, 0) is 13.6 Å². The second-order valence-electron chi connectivity index (χ2n) is 8.10. The first-order valence-electron chi connectivity index (χ1n) is 10.5. The van der Waals surface area contributed by atoms with Crippen LogP contribution in [0.15, 0.2) is 52.2 Å². The topological polar surface area (TPSA) is 66.2 Å². The van der Waals surface area contributed by atoms with E-state index in [-0.39, 0.29) is 17.8 Å². The average Bonchev–Trinajstić information content (AvgIpc) is 3.45. The van der Waals surface area contributed by atoms with E-state index >= 15 is 0 Å². The summed E-state index contributed by atoms with van der Waals surface area (Å²) in [6.07, 6.45) is 10.4. The summed E-state index contributed by atoms with van der Waals surface area (Å²) in [6.45, 7) is 2.27. The zero-order valence-corrected chi connectivity index (χ0v) is 17.3. The van der Waals surface area contributed by atoms with Crippen molar-refractivity contribution in [3.8, 4) is 0 Å². The van der Waals surface area contributed by atoms with Gasteiger partial charge in [-0.25, -0.2) is 4.79 Å². The maximum Gasteiger partial charge on any atom is 0.332 e. The molecule has 0 atom stereocenters. The molecule has 30 heavy (non-hydrogen) atoms. The molecule has 0 bridgehead atoms. The number of aromatic nitrogens is 5. The molecule has 5 rings (SSSR count). The Morgan fingerprint density at radius 2 is 1.87 bits per heavy atom. The van der Waals surface area contributed by atoms with Crippen LogP contribution in [0.3, 0.4) is 0 Å². The van der Waals surface area contributed by atoms with Crippen LogP contribution in [0.25, 0.3) is 23.0 Å². The summed E-state index contributed by atoms with van der Waals surface area (Å²) in [6, 6.07) is 10.2. The van der Waals surface area contributed by atoms with Crippen molar-refractivity contribution in [2.45, 2.75) is 45.2 Å². The average molecular weight is 403 g/mol. The van der Waals surface area contributed by atoms with Crippen LogP contribution in [0.5, 0.6) is 0 Å². The SMILES string of the molecule is Cc1cn2c3c(=O)n(C/C=C/c4ccccc4)c(=O)n(C)c3nc2n1C1CCCC1. The number of aryl methyl sites for hydroxylation is 2. The van der Waals surface area contributed by atoms with E-state index < -0.39 is 0 Å². The monoisotopic (exact) mass is 403 g/mol. The van der Waals surface area contributed by atoms with Gasteiger partial charge in [0.1, 0.15) is 0 Å². The minimum Gasteiger partial charge on any atom is -0.311 e. The Bertz CT molecular complexity index is 1380. The molecule has 1 aliphatic rings. The lowest BCUT2D eigenvalue weighted by atomic mass is 10.2. The molecule has 0 saturated heterocycles. The Morgan fingerprint density at radius 3 is 2.60 bits per heavy atom. The molecule has 0 unspecified atom stereocenters. The van der Waals surface area contributed by atoms with Crippen LogP contribution in [0.1, 0.15) is 43.0 Å². The molecule has 7 heteroatoms. The Kier molecular flexibility index (Phi) is 4.46. The quantitative estimate of drug-likeness (QED) is 0.525. The van der Waals surface area contributed by atoms with Gasteiger partial charge in [0.15, 0.2) is 11.2 Å². The van der Waals surface area contributed by atoms with Crippen LogP contribution in [0, 0.1) is 6.92 Å². The number of rotatable bonds is 4. The highest BCUT2D eigenvalue weighted by atomic mass is 16.2. The predicted molar refractivity (Wildman–Crippen MR) is 118 cm³/mol. The third kappa shape index (κ3) is 2.84. The summed E-state index contributed by atoms with van der Waals surface area (Å²) >= 11 is 0. The lowest BCUT2D eigenvalue weighted by Crippen LogP contribution is -2.39. The van der Waals surface area contributed by atoms with E-state index in [0.717, 1.165) is 29.9 Å². The van der Waals surface area contributed by atoms with Crippen LogP contribution in [0.4, 0.5) is 0 Å². The molecule has 1 fully saturated rings. The van der Waals surface area contributed by atoms with E-state index in [1.165, 1.54) is 22.0 Å². The van der Waals surface area contributed by atoms with E-state index in [4.69, 9.17) is 4.98 Å². The van der Waals surface area contributed by atoms with Gasteiger partial charge in [0.2, 0.25) is 5.78 Å². The minimum absolute atomic E-state index is 0.214. The first kappa shape index (κ1) is 18.7. The lowest BCUT2D eigenvalue weighted by Gasteiger charge is -2.13. The highest BCUT2D eigenvalue weighted by molar-refractivity contribution is 5.75. The molecule has 0 spiro atoms. The van der Waals surface area contributed by atoms with Gasteiger partial charge in [0.05, 0.1) is 0 Å². The fourth-order valence-corrected chi connectivity index (χ4v) is 4.66. The Hall–Kier alpha value is -3.35. The fourth-order valence-electron chi connectivity index (χ4n) is 4.66. The first-order valence-corrected chi connectivity index (χ1v) is 10.5. The molecule has 0 N–H and O–H groups in total. The van der Waals surface area contributed by atoms with Gasteiger partial charge in [-0.2, -0.15) is 4.98 Å². The van der Waals surface area contributed by atoms with Crippen LogP contribution >= 0.6 is 0 Å². The molecule has 1 aromatic carbocycles. The molecular formula is C23H25N5O2. The van der Waals surface area contributed by atoms with E-state index in [1.807, 2.05) is 53.1 Å². The molecule has 0 radical (unpaired) electrons. The largest absolute Gasteiger partial charge is 0.332 e. The van der Waals surface area contributed by atoms with Gasteiger partial charge in [0, 0.05) is 31.5 Å². The van der Waals surface area contributed by atoms with E-state index in [2.05, 4.69) is 11.5 Å². The van der Waals surface area contributed by atoms with E-state index in [0.29, 0.717) is 17.2 Å². The summed E-state index contributed by atoms with van der Waals surface area (Å²) in [5, 5.41) is 0. The number of nitrogens with zero attached hydrogens (tertiary/aromatic N) is 5. The lowest BCUT2D eigenvalue weighted by molar-refractivity contribution is 0.520. The Morgan fingerprint density at radius 1 is 1.13 bits per heavy atom. The van der Waals surface area contributed by atoms with Crippen LogP contribution in [-0.4, -0.2) is 23.1 Å². The molecule has 1 aliphatic carbocycles. The Balaban J connectivity index is 1.65. The number of hydrogen-bond acceptors (Lipinski definition) is 3. The maximum absolute atomic E-state index is 13.3. The normalized spacial score (nSPS) is 15.3. The zero-order chi connectivity index (χ0) is 20.8. The molecular weight excluding hydrogens is 378 g/mol. The second-order valence-corrected chi connectivity index (χ2v) is 8.10. The van der Waals surface area contributed by atoms with E-state index in [1.54, 1.807) is 7.05 Å². The molecule has 1 saturated carbocycles. The first-order chi connectivity index (χ1) is 14.6. The van der Waals surface area contributed by atoms with Gasteiger partial charge in [-0.05, 0) is 25.3 Å². The highest BCUT2D eigenvalue weighted by Crippen LogP contribution is 2.32. The fraction of sp³-hybridized carbons (Fsp3) is 0.348. The summed E-state index contributed by atoms with van der Waals surface area (Å²) in [5.41, 5.74) is 2.36. The van der Waals surface area contributed by atoms with Crippen molar-refractivity contribution >= 4 is 23.0 Å². The summed E-state index contributed by atoms with van der Waals surface area (Å²) < 4.78 is 6.85. The van der Waals surface area contributed by atoms with Crippen LogP contribution in [0.2, 0.25) is 0 Å². The van der Waals surface area contributed by atoms with Gasteiger partial charge in [0.25, 0.3) is 5.56 Å².